The Morgan fingerprint density at radius 1 is 1.42 bits per heavy atom. The van der Waals surface area contributed by atoms with Crippen LogP contribution in [0.2, 0.25) is 0 Å². The van der Waals surface area contributed by atoms with Crippen LogP contribution in [0.5, 0.6) is 0 Å². The third-order valence-electron chi connectivity index (χ3n) is 2.94. The lowest BCUT2D eigenvalue weighted by molar-refractivity contribution is -0.137. The quantitative estimate of drug-likeness (QED) is 0.810. The van der Waals surface area contributed by atoms with E-state index >= 15 is 0 Å². The van der Waals surface area contributed by atoms with Crippen molar-refractivity contribution in [3.63, 3.8) is 0 Å². The van der Waals surface area contributed by atoms with Gasteiger partial charge in [0, 0.05) is 26.6 Å². The number of aromatic nitrogens is 2. The molecule has 1 heterocycles. The van der Waals surface area contributed by atoms with Gasteiger partial charge in [0.25, 0.3) is 5.91 Å². The zero-order valence-electron chi connectivity index (χ0n) is 11.7. The molecule has 0 bridgehead atoms. The number of amides is 1. The number of carbonyl (C=O) groups excluding carboxylic acids is 1. The van der Waals surface area contributed by atoms with E-state index in [0.29, 0.717) is 25.2 Å². The Bertz CT molecular complexity index is 454. The van der Waals surface area contributed by atoms with Gasteiger partial charge in [0.2, 0.25) is 0 Å². The first kappa shape index (κ1) is 15.2. The minimum atomic E-state index is -0.840. The summed E-state index contributed by atoms with van der Waals surface area (Å²) in [7, 11) is 1.68. The molecule has 106 valence electrons. The van der Waals surface area contributed by atoms with Gasteiger partial charge in [-0.25, -0.2) is 0 Å². The smallest absolute Gasteiger partial charge is 0.303 e. The normalized spacial score (nSPS) is 10.5. The zero-order valence-corrected chi connectivity index (χ0v) is 11.7. The largest absolute Gasteiger partial charge is 0.481 e. The SMILES string of the molecule is CCc1cc(C(=O)N(C)CCCC(=O)O)n(CC)n1. The fraction of sp³-hybridized carbons (Fsp3) is 0.615. The van der Waals surface area contributed by atoms with E-state index in [4.69, 9.17) is 5.11 Å². The van der Waals surface area contributed by atoms with E-state index in [9.17, 15) is 9.59 Å². The van der Waals surface area contributed by atoms with Gasteiger partial charge in [-0.3, -0.25) is 14.3 Å². The highest BCUT2D eigenvalue weighted by atomic mass is 16.4. The van der Waals surface area contributed by atoms with E-state index in [2.05, 4.69) is 5.10 Å². The van der Waals surface area contributed by atoms with Gasteiger partial charge in [-0.05, 0) is 25.8 Å². The van der Waals surface area contributed by atoms with E-state index in [1.807, 2.05) is 13.8 Å². The van der Waals surface area contributed by atoms with Crippen LogP contribution in [0.25, 0.3) is 0 Å². The highest BCUT2D eigenvalue weighted by Gasteiger charge is 2.17. The molecule has 19 heavy (non-hydrogen) atoms. The van der Waals surface area contributed by atoms with Crippen molar-refractivity contribution in [1.29, 1.82) is 0 Å². The van der Waals surface area contributed by atoms with Gasteiger partial charge in [-0.15, -0.1) is 0 Å². The van der Waals surface area contributed by atoms with Crippen LogP contribution in [-0.2, 0) is 17.8 Å². The molecule has 0 spiro atoms. The van der Waals surface area contributed by atoms with Crippen molar-refractivity contribution in [3.05, 3.63) is 17.5 Å². The van der Waals surface area contributed by atoms with E-state index < -0.39 is 5.97 Å². The monoisotopic (exact) mass is 267 g/mol. The molecule has 0 aliphatic heterocycles. The first-order chi connectivity index (χ1) is 8.99. The van der Waals surface area contributed by atoms with Crippen molar-refractivity contribution in [2.75, 3.05) is 13.6 Å². The first-order valence-electron chi connectivity index (χ1n) is 6.53. The molecule has 0 aromatic carbocycles. The van der Waals surface area contributed by atoms with Crippen molar-refractivity contribution in [3.8, 4) is 0 Å². The lowest BCUT2D eigenvalue weighted by atomic mass is 10.2. The predicted octanol–water partition coefficient (Wildman–Crippen LogP) is 1.40. The molecule has 6 nitrogen and oxygen atoms in total. The number of carboxylic acids is 1. The van der Waals surface area contributed by atoms with Gasteiger partial charge in [-0.1, -0.05) is 6.92 Å². The number of aryl methyl sites for hydroxylation is 2. The maximum Gasteiger partial charge on any atom is 0.303 e. The Hall–Kier alpha value is -1.85. The molecule has 0 aliphatic rings. The summed E-state index contributed by atoms with van der Waals surface area (Å²) in [4.78, 5) is 24.2. The van der Waals surface area contributed by atoms with Crippen molar-refractivity contribution in [2.45, 2.75) is 39.7 Å². The summed E-state index contributed by atoms with van der Waals surface area (Å²) in [5.41, 5.74) is 1.46. The van der Waals surface area contributed by atoms with Crippen LogP contribution in [0.3, 0.4) is 0 Å². The van der Waals surface area contributed by atoms with E-state index in [1.165, 1.54) is 0 Å². The summed E-state index contributed by atoms with van der Waals surface area (Å²) in [5.74, 6) is -0.952. The molecule has 0 saturated heterocycles. The molecule has 0 unspecified atom stereocenters. The fourth-order valence-electron chi connectivity index (χ4n) is 1.82. The van der Waals surface area contributed by atoms with Crippen LogP contribution in [0.1, 0.15) is 42.9 Å². The van der Waals surface area contributed by atoms with Gasteiger partial charge in [-0.2, -0.15) is 5.10 Å². The van der Waals surface area contributed by atoms with Crippen LogP contribution < -0.4 is 0 Å². The number of hydrogen-bond donors (Lipinski definition) is 1. The number of nitrogens with zero attached hydrogens (tertiary/aromatic N) is 3. The van der Waals surface area contributed by atoms with E-state index in [-0.39, 0.29) is 12.3 Å². The second kappa shape index (κ2) is 6.92. The summed E-state index contributed by atoms with van der Waals surface area (Å²) in [6, 6.07) is 1.81. The summed E-state index contributed by atoms with van der Waals surface area (Å²) < 4.78 is 1.69. The zero-order chi connectivity index (χ0) is 14.4. The Balaban J connectivity index is 2.70. The molecular formula is C13H21N3O3. The van der Waals surface area contributed by atoms with Gasteiger partial charge in [0.05, 0.1) is 5.69 Å². The Labute approximate surface area is 113 Å². The van der Waals surface area contributed by atoms with Crippen LogP contribution in [0.4, 0.5) is 0 Å². The minimum absolute atomic E-state index is 0.0743. The first-order valence-corrected chi connectivity index (χ1v) is 6.53. The summed E-state index contributed by atoms with van der Waals surface area (Å²) >= 11 is 0. The van der Waals surface area contributed by atoms with Crippen molar-refractivity contribution >= 4 is 11.9 Å². The Morgan fingerprint density at radius 2 is 2.11 bits per heavy atom. The van der Waals surface area contributed by atoms with E-state index in [1.54, 1.807) is 22.7 Å². The van der Waals surface area contributed by atoms with Crippen LogP contribution >= 0.6 is 0 Å². The molecule has 1 N–H and O–H groups in total. The number of rotatable bonds is 7. The van der Waals surface area contributed by atoms with Crippen LogP contribution in [0.15, 0.2) is 6.07 Å². The van der Waals surface area contributed by atoms with Crippen LogP contribution in [0, 0.1) is 0 Å². The molecule has 0 fully saturated rings. The molecule has 0 radical (unpaired) electrons. The van der Waals surface area contributed by atoms with Crippen LogP contribution in [-0.4, -0.2) is 45.3 Å². The van der Waals surface area contributed by atoms with Gasteiger partial charge >= 0.3 is 5.97 Å². The number of hydrogen-bond acceptors (Lipinski definition) is 3. The average molecular weight is 267 g/mol. The van der Waals surface area contributed by atoms with E-state index in [0.717, 1.165) is 12.1 Å². The molecule has 0 aliphatic carbocycles. The van der Waals surface area contributed by atoms with Gasteiger partial charge in [0.15, 0.2) is 0 Å². The fourth-order valence-corrected chi connectivity index (χ4v) is 1.82. The summed E-state index contributed by atoms with van der Waals surface area (Å²) in [6.45, 7) is 5.01. The number of carboxylic acid groups (broad SMARTS) is 1. The Kier molecular flexibility index (Phi) is 5.54. The molecule has 1 amide bonds. The minimum Gasteiger partial charge on any atom is -0.481 e. The number of carbonyl (C=O) groups is 2. The lowest BCUT2D eigenvalue weighted by Crippen LogP contribution is -2.30. The maximum atomic E-state index is 12.2. The second-order valence-corrected chi connectivity index (χ2v) is 4.41. The third kappa shape index (κ3) is 4.08. The standard InChI is InChI=1S/C13H21N3O3/c1-4-10-9-11(16(5-2)14-10)13(19)15(3)8-6-7-12(17)18/h9H,4-8H2,1-3H3,(H,17,18). The predicted molar refractivity (Wildman–Crippen MR) is 71.1 cm³/mol. The average Bonchev–Trinajstić information content (AvgIpc) is 2.80. The maximum absolute atomic E-state index is 12.2. The van der Waals surface area contributed by atoms with Gasteiger partial charge in [0.1, 0.15) is 5.69 Å². The molecule has 1 rings (SSSR count). The summed E-state index contributed by atoms with van der Waals surface area (Å²) in [6.07, 6.45) is 1.32. The third-order valence-corrected chi connectivity index (χ3v) is 2.94. The van der Waals surface area contributed by atoms with Crippen molar-refractivity contribution in [2.24, 2.45) is 0 Å². The molecular weight excluding hydrogens is 246 g/mol. The van der Waals surface area contributed by atoms with Crippen molar-refractivity contribution < 1.29 is 14.7 Å². The Morgan fingerprint density at radius 3 is 2.63 bits per heavy atom. The topological polar surface area (TPSA) is 75.4 Å². The van der Waals surface area contributed by atoms with Gasteiger partial charge < -0.3 is 10.0 Å². The van der Waals surface area contributed by atoms with Crippen molar-refractivity contribution in [1.82, 2.24) is 14.7 Å². The molecule has 1 aromatic heterocycles. The molecule has 0 saturated carbocycles. The lowest BCUT2D eigenvalue weighted by Gasteiger charge is -2.16. The highest BCUT2D eigenvalue weighted by molar-refractivity contribution is 5.92. The number of aliphatic carboxylic acids is 1. The second-order valence-electron chi connectivity index (χ2n) is 4.41. The molecule has 1 aromatic rings. The summed E-state index contributed by atoms with van der Waals surface area (Å²) in [5, 5.41) is 12.9. The molecule has 6 heteroatoms. The molecule has 0 atom stereocenters. The highest BCUT2D eigenvalue weighted by Crippen LogP contribution is 2.09.